The number of piperazine rings is 1. The summed E-state index contributed by atoms with van der Waals surface area (Å²) >= 11 is 0. The van der Waals surface area contributed by atoms with Crippen molar-refractivity contribution >= 4 is 28.3 Å². The van der Waals surface area contributed by atoms with Gasteiger partial charge in [0.2, 0.25) is 11.8 Å². The molecule has 43 heavy (non-hydrogen) atoms. The number of fused-ring (bicyclic) bond motifs is 1. The lowest BCUT2D eigenvalue weighted by Gasteiger charge is -2.38. The van der Waals surface area contributed by atoms with Gasteiger partial charge < -0.3 is 30.5 Å². The van der Waals surface area contributed by atoms with Crippen LogP contribution in [0.1, 0.15) is 23.6 Å². The number of halogens is 3. The number of alkyl halides is 3. The highest BCUT2D eigenvalue weighted by Crippen LogP contribution is 2.33. The van der Waals surface area contributed by atoms with Crippen LogP contribution in [-0.2, 0) is 33.5 Å². The van der Waals surface area contributed by atoms with Crippen LogP contribution in [0.2, 0.25) is 0 Å². The number of ether oxygens (including phenoxy) is 1. The first-order chi connectivity index (χ1) is 20.6. The Labute approximate surface area is 250 Å². The molecule has 2 atom stereocenters. The molecule has 0 saturated carbocycles. The molecule has 0 spiro atoms. The van der Waals surface area contributed by atoms with Gasteiger partial charge in [-0.15, -0.1) is 0 Å². The molecule has 0 radical (unpaired) electrons. The highest BCUT2D eigenvalue weighted by atomic mass is 19.4. The van der Waals surface area contributed by atoms with Gasteiger partial charge in [0.25, 0.3) is 0 Å². The molecule has 0 bridgehead atoms. The number of carbonyl (C=O) groups excluding carboxylic acids is 2. The lowest BCUT2D eigenvalue weighted by molar-refractivity contribution is -0.137. The number of methoxy groups -OCH3 is 1. The number of amides is 2. The summed E-state index contributed by atoms with van der Waals surface area (Å²) in [4.78, 5) is 30.1. The van der Waals surface area contributed by atoms with E-state index in [4.69, 9.17) is 4.74 Å². The Balaban J connectivity index is 1.50. The van der Waals surface area contributed by atoms with Crippen LogP contribution in [0.3, 0.4) is 0 Å². The monoisotopic (exact) mass is 599 g/mol. The van der Waals surface area contributed by atoms with E-state index in [1.165, 1.54) is 12.1 Å². The van der Waals surface area contributed by atoms with E-state index >= 15 is 0 Å². The van der Waals surface area contributed by atoms with Gasteiger partial charge in [-0.2, -0.15) is 13.2 Å². The molecular weight excluding hydrogens is 559 g/mol. The predicted molar refractivity (Wildman–Crippen MR) is 162 cm³/mol. The molecule has 2 amide bonds. The van der Waals surface area contributed by atoms with Gasteiger partial charge in [-0.25, -0.2) is 0 Å². The summed E-state index contributed by atoms with van der Waals surface area (Å²) in [5, 5.41) is 11.0. The van der Waals surface area contributed by atoms with Crippen molar-refractivity contribution in [2.24, 2.45) is 0 Å². The quantitative estimate of drug-likeness (QED) is 0.295. The zero-order chi connectivity index (χ0) is 31.0. The lowest BCUT2D eigenvalue weighted by Crippen LogP contribution is -2.56. The van der Waals surface area contributed by atoms with E-state index < -0.39 is 17.8 Å². The molecule has 0 aliphatic carbocycles. The molecule has 1 aliphatic rings. The highest BCUT2D eigenvalue weighted by Gasteiger charge is 2.33. The molecule has 11 heteroatoms. The van der Waals surface area contributed by atoms with Gasteiger partial charge in [0, 0.05) is 58.0 Å². The van der Waals surface area contributed by atoms with Gasteiger partial charge >= 0.3 is 6.18 Å². The Bertz CT molecular complexity index is 1390. The third-order valence-corrected chi connectivity index (χ3v) is 7.67. The molecule has 232 valence electrons. The summed E-state index contributed by atoms with van der Waals surface area (Å²) in [5.41, 5.74) is 1.50. The van der Waals surface area contributed by atoms with Crippen molar-refractivity contribution in [2.75, 3.05) is 58.4 Å². The molecule has 0 aromatic heterocycles. The number of anilines is 1. The van der Waals surface area contributed by atoms with Crippen LogP contribution < -0.4 is 20.9 Å². The zero-order valence-electron chi connectivity index (χ0n) is 24.8. The first-order valence-electron chi connectivity index (χ1n) is 14.5. The second-order valence-corrected chi connectivity index (χ2v) is 10.9. The van der Waals surface area contributed by atoms with Gasteiger partial charge in [0.05, 0.1) is 18.7 Å². The SMILES string of the molecule is CNCC(=O)NC(Cc1cccc2ccccc12)C(=O)N1CCN(c2ccc(C(F)(F)F)cc2CNC(C)COC)CC1. The number of carbonyl (C=O) groups is 2. The van der Waals surface area contributed by atoms with E-state index in [1.807, 2.05) is 54.3 Å². The molecule has 3 N–H and O–H groups in total. The van der Waals surface area contributed by atoms with Gasteiger partial charge in [0.15, 0.2) is 0 Å². The average molecular weight is 600 g/mol. The summed E-state index contributed by atoms with van der Waals surface area (Å²) < 4.78 is 45.7. The molecule has 4 rings (SSSR count). The normalized spacial score (nSPS) is 15.4. The molecule has 1 fully saturated rings. The number of nitrogens with one attached hydrogen (secondary N) is 3. The van der Waals surface area contributed by atoms with E-state index in [2.05, 4.69) is 16.0 Å². The fourth-order valence-electron chi connectivity index (χ4n) is 5.49. The maximum absolute atomic E-state index is 13.8. The fourth-order valence-corrected chi connectivity index (χ4v) is 5.49. The Morgan fingerprint density at radius 3 is 2.40 bits per heavy atom. The smallest absolute Gasteiger partial charge is 0.383 e. The minimum absolute atomic E-state index is 0.0429. The van der Waals surface area contributed by atoms with Gasteiger partial charge in [-0.05, 0) is 54.1 Å². The minimum atomic E-state index is -4.45. The van der Waals surface area contributed by atoms with E-state index in [0.717, 1.165) is 22.4 Å². The molecule has 1 saturated heterocycles. The number of hydrogen-bond acceptors (Lipinski definition) is 6. The van der Waals surface area contributed by atoms with Crippen molar-refractivity contribution in [3.05, 3.63) is 77.4 Å². The van der Waals surface area contributed by atoms with Gasteiger partial charge in [-0.1, -0.05) is 42.5 Å². The van der Waals surface area contributed by atoms with Crippen LogP contribution in [0.5, 0.6) is 0 Å². The third kappa shape index (κ3) is 8.46. The van der Waals surface area contributed by atoms with Crippen molar-refractivity contribution in [1.29, 1.82) is 0 Å². The predicted octanol–water partition coefficient (Wildman–Crippen LogP) is 3.58. The molecule has 1 heterocycles. The van der Waals surface area contributed by atoms with Crippen LogP contribution in [0, 0.1) is 0 Å². The fraction of sp³-hybridized carbons (Fsp3) is 0.438. The number of hydrogen-bond donors (Lipinski definition) is 3. The Morgan fingerprint density at radius 2 is 1.70 bits per heavy atom. The number of rotatable bonds is 12. The van der Waals surface area contributed by atoms with Crippen molar-refractivity contribution in [1.82, 2.24) is 20.9 Å². The van der Waals surface area contributed by atoms with Gasteiger partial charge in [0.1, 0.15) is 6.04 Å². The highest BCUT2D eigenvalue weighted by molar-refractivity contribution is 5.90. The zero-order valence-corrected chi connectivity index (χ0v) is 24.8. The van der Waals surface area contributed by atoms with E-state index in [-0.39, 0.29) is 30.9 Å². The Kier molecular flexibility index (Phi) is 11.0. The van der Waals surface area contributed by atoms with Crippen LogP contribution in [0.15, 0.2) is 60.7 Å². The van der Waals surface area contributed by atoms with Crippen molar-refractivity contribution in [3.63, 3.8) is 0 Å². The van der Waals surface area contributed by atoms with E-state index in [1.54, 1.807) is 19.1 Å². The molecular formula is C32H40F3N5O3. The first kappa shape index (κ1) is 32.2. The van der Waals surface area contributed by atoms with Crippen LogP contribution >= 0.6 is 0 Å². The second-order valence-electron chi connectivity index (χ2n) is 10.9. The van der Waals surface area contributed by atoms with Crippen molar-refractivity contribution in [2.45, 2.75) is 38.1 Å². The van der Waals surface area contributed by atoms with Crippen LogP contribution in [0.25, 0.3) is 10.8 Å². The largest absolute Gasteiger partial charge is 0.416 e. The first-order valence-corrected chi connectivity index (χ1v) is 14.5. The van der Waals surface area contributed by atoms with Gasteiger partial charge in [-0.3, -0.25) is 9.59 Å². The Morgan fingerprint density at radius 1 is 0.977 bits per heavy atom. The number of nitrogens with zero attached hydrogens (tertiary/aromatic N) is 2. The summed E-state index contributed by atoms with van der Waals surface area (Å²) in [6, 6.07) is 16.9. The summed E-state index contributed by atoms with van der Waals surface area (Å²) in [6.07, 6.45) is -4.11. The van der Waals surface area contributed by atoms with Crippen LogP contribution in [0.4, 0.5) is 18.9 Å². The molecule has 1 aliphatic heterocycles. The summed E-state index contributed by atoms with van der Waals surface area (Å²) in [7, 11) is 3.25. The summed E-state index contributed by atoms with van der Waals surface area (Å²) in [6.45, 7) is 4.31. The molecule has 2 unspecified atom stereocenters. The van der Waals surface area contributed by atoms with Crippen LogP contribution in [-0.4, -0.2) is 82.3 Å². The number of likely N-dealkylation sites (N-methyl/N-ethyl adjacent to an activating group) is 1. The lowest BCUT2D eigenvalue weighted by atomic mass is 9.98. The number of benzene rings is 3. The minimum Gasteiger partial charge on any atom is -0.383 e. The van der Waals surface area contributed by atoms with Crippen molar-refractivity contribution < 1.29 is 27.5 Å². The molecule has 8 nitrogen and oxygen atoms in total. The molecule has 3 aromatic carbocycles. The van der Waals surface area contributed by atoms with E-state index in [0.29, 0.717) is 50.5 Å². The second kappa shape index (κ2) is 14.7. The topological polar surface area (TPSA) is 85.9 Å². The van der Waals surface area contributed by atoms with E-state index in [9.17, 15) is 22.8 Å². The van der Waals surface area contributed by atoms with Crippen molar-refractivity contribution in [3.8, 4) is 0 Å². The maximum atomic E-state index is 13.8. The average Bonchev–Trinajstić information content (AvgIpc) is 2.99. The molecule has 3 aromatic rings. The standard InChI is InChI=1S/C32H40F3N5O3/c1-22(21-43-3)37-19-25-17-26(32(33,34)35)11-12-29(25)39-13-15-40(16-14-39)31(42)28(38-30(41)20-36-2)18-24-9-6-8-23-7-4-5-10-27(23)24/h4-12,17,22,28,36-37H,13-16,18-21H2,1-3H3,(H,38,41). The Hall–Kier alpha value is -3.67. The third-order valence-electron chi connectivity index (χ3n) is 7.67. The maximum Gasteiger partial charge on any atom is 0.416 e. The summed E-state index contributed by atoms with van der Waals surface area (Å²) in [5.74, 6) is -0.455.